The zero-order valence-electron chi connectivity index (χ0n) is 17.1. The third-order valence-corrected chi connectivity index (χ3v) is 5.31. The van der Waals surface area contributed by atoms with Crippen molar-refractivity contribution in [2.45, 2.75) is 32.2 Å². The van der Waals surface area contributed by atoms with Gasteiger partial charge < -0.3 is 10.1 Å². The number of amides is 1. The molecule has 5 nitrogen and oxygen atoms in total. The summed E-state index contributed by atoms with van der Waals surface area (Å²) >= 11 is 0. The van der Waals surface area contributed by atoms with Gasteiger partial charge in [0.15, 0.2) is 5.78 Å². The van der Waals surface area contributed by atoms with Crippen LogP contribution in [0.5, 0.6) is 0 Å². The second-order valence-corrected chi connectivity index (χ2v) is 7.53. The fourth-order valence-corrected chi connectivity index (χ4v) is 3.70. The number of carbonyl (C=O) groups excluding carboxylic acids is 2. The summed E-state index contributed by atoms with van der Waals surface area (Å²) in [5.41, 5.74) is 3.14. The van der Waals surface area contributed by atoms with E-state index in [0.29, 0.717) is 31.4 Å². The maximum absolute atomic E-state index is 12.4. The van der Waals surface area contributed by atoms with E-state index in [4.69, 9.17) is 4.74 Å². The molecular weight excluding hydrogens is 364 g/mol. The SMILES string of the molecule is Cc1cccc(C(CNC(=O)CCCC(=O)c2ccccc2)N2CCOCC2)c1. The van der Waals surface area contributed by atoms with Crippen molar-refractivity contribution in [3.8, 4) is 0 Å². The third-order valence-electron chi connectivity index (χ3n) is 5.31. The molecule has 0 aliphatic carbocycles. The Bertz CT molecular complexity index is 801. The van der Waals surface area contributed by atoms with Gasteiger partial charge >= 0.3 is 0 Å². The molecule has 1 atom stereocenters. The van der Waals surface area contributed by atoms with Gasteiger partial charge in [0.05, 0.1) is 19.3 Å². The summed E-state index contributed by atoms with van der Waals surface area (Å²) < 4.78 is 5.49. The van der Waals surface area contributed by atoms with Crippen molar-refractivity contribution in [3.63, 3.8) is 0 Å². The number of benzene rings is 2. The molecule has 1 fully saturated rings. The average Bonchev–Trinajstić information content (AvgIpc) is 2.75. The van der Waals surface area contributed by atoms with Crippen LogP contribution < -0.4 is 5.32 Å². The van der Waals surface area contributed by atoms with E-state index in [2.05, 4.69) is 41.4 Å². The summed E-state index contributed by atoms with van der Waals surface area (Å²) in [4.78, 5) is 26.9. The Morgan fingerprint density at radius 3 is 2.52 bits per heavy atom. The first-order chi connectivity index (χ1) is 14.1. The molecule has 0 bridgehead atoms. The Morgan fingerprint density at radius 2 is 1.79 bits per heavy atom. The zero-order valence-corrected chi connectivity index (χ0v) is 17.1. The second-order valence-electron chi connectivity index (χ2n) is 7.53. The number of nitrogens with zero attached hydrogens (tertiary/aromatic N) is 1. The first kappa shape index (κ1) is 21.2. The number of carbonyl (C=O) groups is 2. The van der Waals surface area contributed by atoms with Crippen molar-refractivity contribution in [1.82, 2.24) is 10.2 Å². The van der Waals surface area contributed by atoms with Gasteiger partial charge in [0.1, 0.15) is 0 Å². The lowest BCUT2D eigenvalue weighted by molar-refractivity contribution is -0.121. The van der Waals surface area contributed by atoms with Gasteiger partial charge in [-0.3, -0.25) is 14.5 Å². The average molecular weight is 395 g/mol. The third kappa shape index (κ3) is 6.51. The standard InChI is InChI=1S/C24H30N2O3/c1-19-7-5-10-21(17-19)22(26-13-15-29-16-14-26)18-25-24(28)12-6-11-23(27)20-8-3-2-4-9-20/h2-5,7-10,17,22H,6,11-16,18H2,1H3,(H,25,28). The van der Waals surface area contributed by atoms with Crippen LogP contribution in [0.15, 0.2) is 54.6 Å². The number of ketones is 1. The minimum absolute atomic E-state index is 0.00299. The van der Waals surface area contributed by atoms with Crippen molar-refractivity contribution in [2.24, 2.45) is 0 Å². The van der Waals surface area contributed by atoms with E-state index >= 15 is 0 Å². The van der Waals surface area contributed by atoms with Gasteiger partial charge in [-0.2, -0.15) is 0 Å². The molecule has 1 unspecified atom stereocenters. The van der Waals surface area contributed by atoms with Gasteiger partial charge in [-0.05, 0) is 18.9 Å². The molecule has 3 rings (SSSR count). The highest BCUT2D eigenvalue weighted by molar-refractivity contribution is 5.96. The van der Waals surface area contributed by atoms with Crippen LogP contribution in [0.25, 0.3) is 0 Å². The van der Waals surface area contributed by atoms with Crippen LogP contribution >= 0.6 is 0 Å². The summed E-state index contributed by atoms with van der Waals surface area (Å²) in [6, 6.07) is 17.8. The zero-order chi connectivity index (χ0) is 20.5. The van der Waals surface area contributed by atoms with Gasteiger partial charge in [0.25, 0.3) is 0 Å². The van der Waals surface area contributed by atoms with Crippen molar-refractivity contribution in [2.75, 3.05) is 32.8 Å². The number of aryl methyl sites for hydroxylation is 1. The van der Waals surface area contributed by atoms with Gasteiger partial charge in [-0.1, -0.05) is 60.2 Å². The van der Waals surface area contributed by atoms with Crippen molar-refractivity contribution < 1.29 is 14.3 Å². The quantitative estimate of drug-likeness (QED) is 0.661. The normalized spacial score (nSPS) is 15.6. The molecule has 0 spiro atoms. The molecular formula is C24H30N2O3. The molecule has 154 valence electrons. The van der Waals surface area contributed by atoms with Crippen LogP contribution in [0.1, 0.15) is 46.8 Å². The van der Waals surface area contributed by atoms with Crippen LogP contribution in [0.4, 0.5) is 0 Å². The highest BCUT2D eigenvalue weighted by atomic mass is 16.5. The van der Waals surface area contributed by atoms with E-state index in [1.165, 1.54) is 11.1 Å². The number of hydrogen-bond acceptors (Lipinski definition) is 4. The Hall–Kier alpha value is -2.50. The fourth-order valence-electron chi connectivity index (χ4n) is 3.70. The minimum atomic E-state index is -0.00299. The molecule has 29 heavy (non-hydrogen) atoms. The van der Waals surface area contributed by atoms with Crippen molar-refractivity contribution in [3.05, 3.63) is 71.3 Å². The van der Waals surface area contributed by atoms with Crippen LogP contribution in [-0.2, 0) is 9.53 Å². The monoisotopic (exact) mass is 394 g/mol. The molecule has 1 aliphatic rings. The predicted octanol–water partition coefficient (Wildman–Crippen LogP) is 3.54. The molecule has 1 amide bonds. The fraction of sp³-hybridized carbons (Fsp3) is 0.417. The Kier molecular flexibility index (Phi) is 7.96. The molecule has 1 N–H and O–H groups in total. The number of morpholine rings is 1. The lowest BCUT2D eigenvalue weighted by Gasteiger charge is -2.35. The Balaban J connectivity index is 1.50. The van der Waals surface area contributed by atoms with Gasteiger partial charge in [0.2, 0.25) is 5.91 Å². The maximum Gasteiger partial charge on any atom is 0.220 e. The van der Waals surface area contributed by atoms with Crippen molar-refractivity contribution in [1.29, 1.82) is 0 Å². The largest absolute Gasteiger partial charge is 0.379 e. The van der Waals surface area contributed by atoms with E-state index < -0.39 is 0 Å². The van der Waals surface area contributed by atoms with Crippen LogP contribution in [0, 0.1) is 6.92 Å². The van der Waals surface area contributed by atoms with Crippen LogP contribution in [-0.4, -0.2) is 49.4 Å². The highest BCUT2D eigenvalue weighted by Crippen LogP contribution is 2.22. The van der Waals surface area contributed by atoms with Gasteiger partial charge in [-0.15, -0.1) is 0 Å². The lowest BCUT2D eigenvalue weighted by Crippen LogP contribution is -2.43. The summed E-state index contributed by atoms with van der Waals surface area (Å²) in [7, 11) is 0. The smallest absolute Gasteiger partial charge is 0.220 e. The van der Waals surface area contributed by atoms with Gasteiger partial charge in [-0.25, -0.2) is 0 Å². The molecule has 1 aliphatic heterocycles. The number of hydrogen-bond donors (Lipinski definition) is 1. The van der Waals surface area contributed by atoms with E-state index in [9.17, 15) is 9.59 Å². The summed E-state index contributed by atoms with van der Waals surface area (Å²) in [6.07, 6.45) is 1.32. The first-order valence-electron chi connectivity index (χ1n) is 10.4. The summed E-state index contributed by atoms with van der Waals surface area (Å²) in [5.74, 6) is 0.0844. The number of Topliss-reactive ketones (excluding diaryl/α,β-unsaturated/α-hetero) is 1. The highest BCUT2D eigenvalue weighted by Gasteiger charge is 2.23. The van der Waals surface area contributed by atoms with E-state index in [1.807, 2.05) is 30.3 Å². The Labute approximate surface area is 173 Å². The van der Waals surface area contributed by atoms with E-state index in [-0.39, 0.29) is 17.7 Å². The molecule has 0 saturated carbocycles. The number of nitrogens with one attached hydrogen (secondary N) is 1. The molecule has 2 aromatic rings. The molecule has 1 heterocycles. The first-order valence-corrected chi connectivity index (χ1v) is 10.4. The van der Waals surface area contributed by atoms with Crippen molar-refractivity contribution >= 4 is 11.7 Å². The maximum atomic E-state index is 12.4. The Morgan fingerprint density at radius 1 is 1.03 bits per heavy atom. The number of ether oxygens (including phenoxy) is 1. The predicted molar refractivity (Wildman–Crippen MR) is 114 cm³/mol. The molecule has 0 aromatic heterocycles. The summed E-state index contributed by atoms with van der Waals surface area (Å²) in [6.45, 7) is 5.81. The summed E-state index contributed by atoms with van der Waals surface area (Å²) in [5, 5.41) is 3.08. The second kappa shape index (κ2) is 10.9. The molecule has 2 aromatic carbocycles. The van der Waals surface area contributed by atoms with Crippen LogP contribution in [0.2, 0.25) is 0 Å². The minimum Gasteiger partial charge on any atom is -0.379 e. The number of rotatable bonds is 9. The van der Waals surface area contributed by atoms with E-state index in [0.717, 1.165) is 26.3 Å². The molecule has 5 heteroatoms. The van der Waals surface area contributed by atoms with Gasteiger partial charge in [0, 0.05) is 38.0 Å². The lowest BCUT2D eigenvalue weighted by atomic mass is 10.0. The van der Waals surface area contributed by atoms with Crippen LogP contribution in [0.3, 0.4) is 0 Å². The molecule has 0 radical (unpaired) electrons. The molecule has 1 saturated heterocycles. The van der Waals surface area contributed by atoms with E-state index in [1.54, 1.807) is 0 Å². The topological polar surface area (TPSA) is 58.6 Å².